The van der Waals surface area contributed by atoms with Crippen LogP contribution in [-0.4, -0.2) is 25.5 Å². The quantitative estimate of drug-likeness (QED) is 0.788. The van der Waals surface area contributed by atoms with Crippen LogP contribution in [0.2, 0.25) is 0 Å². The number of hydrogen-bond acceptors (Lipinski definition) is 3. The van der Waals surface area contributed by atoms with Crippen LogP contribution >= 0.6 is 0 Å². The molecule has 0 saturated heterocycles. The van der Waals surface area contributed by atoms with Gasteiger partial charge in [0.05, 0.1) is 24.1 Å². The number of aromatic nitrogens is 4. The van der Waals surface area contributed by atoms with E-state index in [1.807, 2.05) is 59.7 Å². The Morgan fingerprint density at radius 3 is 2.83 bits per heavy atom. The molecule has 2 aromatic heterocycles. The molecule has 1 N–H and O–H groups in total. The second kappa shape index (κ2) is 6.48. The number of aryl methyl sites for hydroxylation is 1. The van der Waals surface area contributed by atoms with Gasteiger partial charge in [-0.05, 0) is 37.6 Å². The maximum absolute atomic E-state index is 12.4. The molecule has 0 saturated carbocycles. The fourth-order valence-corrected chi connectivity index (χ4v) is 2.47. The van der Waals surface area contributed by atoms with Gasteiger partial charge in [0.25, 0.3) is 5.91 Å². The Morgan fingerprint density at radius 2 is 2.13 bits per heavy atom. The predicted molar refractivity (Wildman–Crippen MR) is 88.4 cm³/mol. The van der Waals surface area contributed by atoms with Crippen LogP contribution in [-0.2, 0) is 13.1 Å². The summed E-state index contributed by atoms with van der Waals surface area (Å²) in [5.41, 5.74) is 3.35. The van der Waals surface area contributed by atoms with Crippen LogP contribution in [0.25, 0.3) is 0 Å². The largest absolute Gasteiger partial charge is 0.319 e. The molecular weight excluding hydrogens is 290 g/mol. The molecule has 0 atom stereocenters. The molecular formula is C17H19N5O. The van der Waals surface area contributed by atoms with Gasteiger partial charge in [-0.2, -0.15) is 10.2 Å². The molecule has 1 aromatic carbocycles. The minimum absolute atomic E-state index is 0.133. The van der Waals surface area contributed by atoms with Crippen molar-refractivity contribution < 1.29 is 4.79 Å². The zero-order valence-electron chi connectivity index (χ0n) is 13.2. The third-order valence-electron chi connectivity index (χ3n) is 3.74. The highest BCUT2D eigenvalue weighted by Crippen LogP contribution is 2.15. The highest BCUT2D eigenvalue weighted by atomic mass is 16.1. The van der Waals surface area contributed by atoms with Crippen LogP contribution in [0.15, 0.2) is 48.9 Å². The number of rotatable bonds is 5. The zero-order valence-corrected chi connectivity index (χ0v) is 13.2. The van der Waals surface area contributed by atoms with Gasteiger partial charge in [-0.1, -0.05) is 12.1 Å². The van der Waals surface area contributed by atoms with Gasteiger partial charge in [0.15, 0.2) is 0 Å². The average molecular weight is 309 g/mol. The van der Waals surface area contributed by atoms with E-state index < -0.39 is 0 Å². The summed E-state index contributed by atoms with van der Waals surface area (Å²) in [5, 5.41) is 11.3. The van der Waals surface area contributed by atoms with Gasteiger partial charge in [0.1, 0.15) is 0 Å². The van der Waals surface area contributed by atoms with E-state index in [4.69, 9.17) is 0 Å². The van der Waals surface area contributed by atoms with Crippen LogP contribution in [0.1, 0.15) is 28.5 Å². The van der Waals surface area contributed by atoms with E-state index >= 15 is 0 Å². The Labute approximate surface area is 134 Å². The highest BCUT2D eigenvalue weighted by Gasteiger charge is 2.11. The first-order valence-electron chi connectivity index (χ1n) is 7.57. The molecule has 6 heteroatoms. The predicted octanol–water partition coefficient (Wildman–Crippen LogP) is 2.71. The number of nitrogens with zero attached hydrogens (tertiary/aromatic N) is 4. The molecule has 0 spiro atoms. The van der Waals surface area contributed by atoms with Crippen molar-refractivity contribution in [2.75, 3.05) is 5.32 Å². The summed E-state index contributed by atoms with van der Waals surface area (Å²) < 4.78 is 3.68. The van der Waals surface area contributed by atoms with Crippen molar-refractivity contribution in [3.8, 4) is 0 Å². The lowest BCUT2D eigenvalue weighted by molar-refractivity contribution is 0.102. The first kappa shape index (κ1) is 15.0. The summed E-state index contributed by atoms with van der Waals surface area (Å²) in [6.07, 6.45) is 5.32. The third kappa shape index (κ3) is 3.31. The van der Waals surface area contributed by atoms with E-state index in [2.05, 4.69) is 15.5 Å². The number of carbonyl (C=O) groups is 1. The summed E-state index contributed by atoms with van der Waals surface area (Å²) in [5.74, 6) is -0.133. The Hall–Kier alpha value is -2.89. The number of carbonyl (C=O) groups excluding carboxylic acids is 1. The van der Waals surface area contributed by atoms with Crippen molar-refractivity contribution in [1.82, 2.24) is 19.6 Å². The summed E-state index contributed by atoms with van der Waals surface area (Å²) in [4.78, 5) is 12.4. The molecule has 0 fully saturated rings. The van der Waals surface area contributed by atoms with Crippen molar-refractivity contribution >= 4 is 11.6 Å². The maximum atomic E-state index is 12.4. The molecule has 0 bridgehead atoms. The molecule has 2 heterocycles. The van der Waals surface area contributed by atoms with Gasteiger partial charge in [-0.3, -0.25) is 14.2 Å². The van der Waals surface area contributed by atoms with Gasteiger partial charge >= 0.3 is 0 Å². The van der Waals surface area contributed by atoms with E-state index in [9.17, 15) is 4.79 Å². The molecule has 3 rings (SSSR count). The van der Waals surface area contributed by atoms with Gasteiger partial charge in [0.2, 0.25) is 0 Å². The first-order valence-corrected chi connectivity index (χ1v) is 7.57. The second-order valence-electron chi connectivity index (χ2n) is 5.32. The van der Waals surface area contributed by atoms with Crippen molar-refractivity contribution in [3.63, 3.8) is 0 Å². The second-order valence-corrected chi connectivity index (χ2v) is 5.32. The molecule has 0 aliphatic heterocycles. The molecule has 23 heavy (non-hydrogen) atoms. The Bertz CT molecular complexity index is 804. The van der Waals surface area contributed by atoms with E-state index in [1.54, 1.807) is 12.4 Å². The summed E-state index contributed by atoms with van der Waals surface area (Å²) in [6, 6.07) is 9.44. The van der Waals surface area contributed by atoms with Crippen molar-refractivity contribution in [2.45, 2.75) is 26.9 Å². The SMILES string of the molecule is CCn1ncc(NC(=O)c2cccc(Cn3cccn3)c2)c1C. The molecule has 3 aromatic rings. The van der Waals surface area contributed by atoms with Crippen LogP contribution in [0.5, 0.6) is 0 Å². The average Bonchev–Trinajstić information content (AvgIpc) is 3.18. The lowest BCUT2D eigenvalue weighted by Gasteiger charge is -2.07. The van der Waals surface area contributed by atoms with Crippen LogP contribution < -0.4 is 5.32 Å². The lowest BCUT2D eigenvalue weighted by atomic mass is 10.1. The topological polar surface area (TPSA) is 64.7 Å². The smallest absolute Gasteiger partial charge is 0.255 e. The fraction of sp³-hybridized carbons (Fsp3) is 0.235. The Morgan fingerprint density at radius 1 is 1.26 bits per heavy atom. The monoisotopic (exact) mass is 309 g/mol. The standard InChI is InChI=1S/C17H19N5O/c1-3-22-13(2)16(11-19-22)20-17(23)15-7-4-6-14(10-15)12-21-9-5-8-18-21/h4-11H,3,12H2,1-2H3,(H,20,23). The summed E-state index contributed by atoms with van der Waals surface area (Å²) >= 11 is 0. The molecule has 0 aliphatic rings. The van der Waals surface area contributed by atoms with E-state index in [0.29, 0.717) is 12.1 Å². The van der Waals surface area contributed by atoms with Crippen LogP contribution in [0.4, 0.5) is 5.69 Å². The molecule has 1 amide bonds. The van der Waals surface area contributed by atoms with Gasteiger partial charge in [0, 0.05) is 24.5 Å². The Kier molecular flexibility index (Phi) is 4.23. The van der Waals surface area contributed by atoms with Gasteiger partial charge in [-0.25, -0.2) is 0 Å². The van der Waals surface area contributed by atoms with Crippen molar-refractivity contribution in [2.24, 2.45) is 0 Å². The summed E-state index contributed by atoms with van der Waals surface area (Å²) in [6.45, 7) is 5.38. The third-order valence-corrected chi connectivity index (χ3v) is 3.74. The minimum atomic E-state index is -0.133. The number of amides is 1. The zero-order chi connectivity index (χ0) is 16.2. The molecule has 0 radical (unpaired) electrons. The minimum Gasteiger partial charge on any atom is -0.319 e. The normalized spacial score (nSPS) is 10.7. The number of benzene rings is 1. The van der Waals surface area contributed by atoms with Crippen LogP contribution in [0.3, 0.4) is 0 Å². The van der Waals surface area contributed by atoms with Crippen molar-refractivity contribution in [1.29, 1.82) is 0 Å². The molecule has 6 nitrogen and oxygen atoms in total. The van der Waals surface area contributed by atoms with E-state index in [0.717, 1.165) is 23.5 Å². The van der Waals surface area contributed by atoms with Gasteiger partial charge in [-0.15, -0.1) is 0 Å². The fourth-order valence-electron chi connectivity index (χ4n) is 2.47. The molecule has 118 valence electrons. The first-order chi connectivity index (χ1) is 11.2. The van der Waals surface area contributed by atoms with Gasteiger partial charge < -0.3 is 5.32 Å². The van der Waals surface area contributed by atoms with E-state index in [1.165, 1.54) is 0 Å². The highest BCUT2D eigenvalue weighted by molar-refractivity contribution is 6.04. The van der Waals surface area contributed by atoms with Crippen LogP contribution in [0, 0.1) is 6.92 Å². The maximum Gasteiger partial charge on any atom is 0.255 e. The number of nitrogens with one attached hydrogen (secondary N) is 1. The number of anilines is 1. The lowest BCUT2D eigenvalue weighted by Crippen LogP contribution is -2.13. The Balaban J connectivity index is 1.75. The molecule has 0 unspecified atom stereocenters. The van der Waals surface area contributed by atoms with E-state index in [-0.39, 0.29) is 5.91 Å². The molecule has 0 aliphatic carbocycles. The van der Waals surface area contributed by atoms with Crippen molar-refractivity contribution in [3.05, 3.63) is 65.7 Å². The summed E-state index contributed by atoms with van der Waals surface area (Å²) in [7, 11) is 0. The number of hydrogen-bond donors (Lipinski definition) is 1.